The highest BCUT2D eigenvalue weighted by Gasteiger charge is 2.56. The van der Waals surface area contributed by atoms with E-state index in [0.29, 0.717) is 11.8 Å². The van der Waals surface area contributed by atoms with Crippen LogP contribution in [0, 0.1) is 23.7 Å². The van der Waals surface area contributed by atoms with Crippen LogP contribution < -0.4 is 17.0 Å². The van der Waals surface area contributed by atoms with Crippen molar-refractivity contribution in [2.45, 2.75) is 141 Å². The van der Waals surface area contributed by atoms with Gasteiger partial charge in [-0.1, -0.05) is 58.3 Å². The second kappa shape index (κ2) is 13.6. The number of rotatable bonds is 15. The van der Waals surface area contributed by atoms with Crippen LogP contribution in [-0.4, -0.2) is 41.4 Å². The molecule has 0 aromatic carbocycles. The lowest BCUT2D eigenvalue weighted by Crippen LogP contribution is -3.00. The summed E-state index contributed by atoms with van der Waals surface area (Å²) in [5, 5.41) is 11.8. The van der Waals surface area contributed by atoms with Crippen LogP contribution >= 0.6 is 0 Å². The molecule has 4 saturated carbocycles. The summed E-state index contributed by atoms with van der Waals surface area (Å²) in [6.07, 6.45) is 28.1. The molecule has 5 fully saturated rings. The molecule has 3 heteroatoms. The lowest BCUT2D eigenvalue weighted by molar-refractivity contribution is -0.933. The van der Waals surface area contributed by atoms with Crippen molar-refractivity contribution in [2.24, 2.45) is 23.7 Å². The standard InChI is InChI=1S/C30H56NO.BrH/c1-2-3-4-5-6-7-8-9-10-12-17-31(18-13-11-14-19-31)20-15-16-30(32)28-22-26-21-27(24-28)25-29(30)23-26;/h26-29,32H,2-25H2,1H3;1H/q+1;/p-1. The van der Waals surface area contributed by atoms with E-state index in [2.05, 4.69) is 6.92 Å². The predicted molar refractivity (Wildman–Crippen MR) is 137 cm³/mol. The maximum absolute atomic E-state index is 11.8. The molecule has 0 unspecified atom stereocenters. The zero-order valence-electron chi connectivity index (χ0n) is 22.1. The molecule has 0 spiro atoms. The smallest absolute Gasteiger partial charge is 0.0787 e. The lowest BCUT2D eigenvalue weighted by atomic mass is 9.49. The summed E-state index contributed by atoms with van der Waals surface area (Å²) in [5.41, 5.74) is -0.287. The van der Waals surface area contributed by atoms with Crippen LogP contribution in [0.15, 0.2) is 0 Å². The monoisotopic (exact) mass is 525 g/mol. The van der Waals surface area contributed by atoms with E-state index in [1.807, 2.05) is 0 Å². The van der Waals surface area contributed by atoms with Crippen molar-refractivity contribution in [2.75, 3.05) is 26.2 Å². The first-order chi connectivity index (χ1) is 15.6. The minimum Gasteiger partial charge on any atom is -1.00 e. The molecule has 1 heterocycles. The van der Waals surface area contributed by atoms with Gasteiger partial charge < -0.3 is 26.6 Å². The van der Waals surface area contributed by atoms with E-state index in [4.69, 9.17) is 0 Å². The van der Waals surface area contributed by atoms with Gasteiger partial charge in [-0.05, 0) is 101 Å². The summed E-state index contributed by atoms with van der Waals surface area (Å²) < 4.78 is 1.40. The highest BCUT2D eigenvalue weighted by Crippen LogP contribution is 2.59. The van der Waals surface area contributed by atoms with Crippen LogP contribution in [0.3, 0.4) is 0 Å². The van der Waals surface area contributed by atoms with Crippen molar-refractivity contribution in [3.05, 3.63) is 0 Å². The Morgan fingerprint density at radius 1 is 0.636 bits per heavy atom. The van der Waals surface area contributed by atoms with Crippen LogP contribution in [0.25, 0.3) is 0 Å². The molecule has 5 rings (SSSR count). The average molecular weight is 527 g/mol. The Morgan fingerprint density at radius 2 is 1.12 bits per heavy atom. The number of quaternary nitrogens is 1. The van der Waals surface area contributed by atoms with Crippen molar-refractivity contribution in [1.82, 2.24) is 0 Å². The Labute approximate surface area is 217 Å². The molecule has 0 radical (unpaired) electrons. The number of likely N-dealkylation sites (tertiary alicyclic amines) is 1. The molecule has 0 atom stereocenters. The van der Waals surface area contributed by atoms with Gasteiger partial charge in [0.2, 0.25) is 0 Å². The molecule has 1 N–H and O–H groups in total. The van der Waals surface area contributed by atoms with Crippen LogP contribution in [0.1, 0.15) is 135 Å². The molecule has 0 aromatic rings. The second-order valence-corrected chi connectivity index (χ2v) is 12.9. The SMILES string of the molecule is CCCCCCCCCCCC[N+]1(CCCC2(O)C3CC4CC(C3)CC2C4)CCCCC1.[Br-]. The Kier molecular flexibility index (Phi) is 11.6. The Morgan fingerprint density at radius 3 is 1.67 bits per heavy atom. The third-order valence-electron chi connectivity index (χ3n) is 10.5. The van der Waals surface area contributed by atoms with Gasteiger partial charge in [0.15, 0.2) is 0 Å². The fourth-order valence-electron chi connectivity index (χ4n) is 8.78. The fourth-order valence-corrected chi connectivity index (χ4v) is 8.78. The zero-order chi connectivity index (χ0) is 22.3. The molecular formula is C30H56BrNO. The summed E-state index contributed by atoms with van der Waals surface area (Å²) in [4.78, 5) is 0. The number of unbranched alkanes of at least 4 members (excludes halogenated alkanes) is 9. The van der Waals surface area contributed by atoms with Gasteiger partial charge in [0.25, 0.3) is 0 Å². The number of aliphatic hydroxyl groups is 1. The second-order valence-electron chi connectivity index (χ2n) is 12.9. The van der Waals surface area contributed by atoms with Crippen molar-refractivity contribution in [3.63, 3.8) is 0 Å². The van der Waals surface area contributed by atoms with Gasteiger partial charge in [0.05, 0.1) is 31.8 Å². The van der Waals surface area contributed by atoms with E-state index in [0.717, 1.165) is 18.3 Å². The molecule has 33 heavy (non-hydrogen) atoms. The first-order valence-electron chi connectivity index (χ1n) is 15.2. The molecular weight excluding hydrogens is 470 g/mol. The largest absolute Gasteiger partial charge is 1.00 e. The molecule has 4 aliphatic carbocycles. The minimum atomic E-state index is -0.287. The zero-order valence-corrected chi connectivity index (χ0v) is 23.6. The maximum atomic E-state index is 11.8. The van der Waals surface area contributed by atoms with Gasteiger partial charge in [0.1, 0.15) is 0 Å². The van der Waals surface area contributed by atoms with Gasteiger partial charge in [0, 0.05) is 0 Å². The molecule has 1 aliphatic heterocycles. The van der Waals surface area contributed by atoms with Gasteiger partial charge in [-0.3, -0.25) is 0 Å². The molecule has 0 amide bonds. The molecule has 4 bridgehead atoms. The number of hydrogen-bond acceptors (Lipinski definition) is 1. The minimum absolute atomic E-state index is 0. The summed E-state index contributed by atoms with van der Waals surface area (Å²) in [7, 11) is 0. The number of halogens is 1. The Hall–Kier alpha value is 0.400. The maximum Gasteiger partial charge on any atom is 0.0787 e. The summed E-state index contributed by atoms with van der Waals surface area (Å²) in [5.74, 6) is 3.23. The van der Waals surface area contributed by atoms with Crippen LogP contribution in [-0.2, 0) is 0 Å². The highest BCUT2D eigenvalue weighted by atomic mass is 79.9. The number of piperidine rings is 1. The molecule has 2 nitrogen and oxygen atoms in total. The topological polar surface area (TPSA) is 20.2 Å². The van der Waals surface area contributed by atoms with Crippen LogP contribution in [0.2, 0.25) is 0 Å². The average Bonchev–Trinajstić information content (AvgIpc) is 2.79. The lowest BCUT2D eigenvalue weighted by Gasteiger charge is -2.59. The normalized spacial score (nSPS) is 34.4. The summed E-state index contributed by atoms with van der Waals surface area (Å²) in [6.45, 7) is 7.93. The first kappa shape index (κ1) is 28.0. The number of hydrogen-bond donors (Lipinski definition) is 1. The fraction of sp³-hybridized carbons (Fsp3) is 1.00. The Bertz CT molecular complexity index is 515. The highest BCUT2D eigenvalue weighted by molar-refractivity contribution is 5.06. The van der Waals surface area contributed by atoms with Gasteiger partial charge >= 0.3 is 0 Å². The van der Waals surface area contributed by atoms with Crippen molar-refractivity contribution in [3.8, 4) is 0 Å². The van der Waals surface area contributed by atoms with E-state index in [-0.39, 0.29) is 22.6 Å². The first-order valence-corrected chi connectivity index (χ1v) is 15.2. The Balaban J connectivity index is 0.00000306. The van der Waals surface area contributed by atoms with Crippen molar-refractivity contribution >= 4 is 0 Å². The van der Waals surface area contributed by atoms with Gasteiger partial charge in [-0.15, -0.1) is 0 Å². The van der Waals surface area contributed by atoms with Crippen LogP contribution in [0.5, 0.6) is 0 Å². The van der Waals surface area contributed by atoms with Crippen molar-refractivity contribution < 1.29 is 26.6 Å². The van der Waals surface area contributed by atoms with Crippen LogP contribution in [0.4, 0.5) is 0 Å². The quantitative estimate of drug-likeness (QED) is 0.238. The van der Waals surface area contributed by atoms with Gasteiger partial charge in [-0.2, -0.15) is 0 Å². The molecule has 194 valence electrons. The van der Waals surface area contributed by atoms with E-state index in [9.17, 15) is 5.11 Å². The van der Waals surface area contributed by atoms with Crippen molar-refractivity contribution in [1.29, 1.82) is 0 Å². The van der Waals surface area contributed by atoms with Gasteiger partial charge in [-0.25, -0.2) is 0 Å². The third-order valence-corrected chi connectivity index (χ3v) is 10.5. The molecule has 5 aliphatic rings. The summed E-state index contributed by atoms with van der Waals surface area (Å²) >= 11 is 0. The molecule has 0 aromatic heterocycles. The van der Waals surface area contributed by atoms with E-state index in [1.54, 1.807) is 0 Å². The molecule has 1 saturated heterocycles. The van der Waals surface area contributed by atoms with E-state index in [1.165, 1.54) is 153 Å². The van der Waals surface area contributed by atoms with E-state index < -0.39 is 0 Å². The number of nitrogens with zero attached hydrogens (tertiary/aromatic N) is 1. The third kappa shape index (κ3) is 7.45. The van der Waals surface area contributed by atoms with E-state index >= 15 is 0 Å². The predicted octanol–water partition coefficient (Wildman–Crippen LogP) is 4.88. The summed E-state index contributed by atoms with van der Waals surface area (Å²) in [6, 6.07) is 0.